The molecule has 1 aromatic rings. The number of hydrogen-bond acceptors (Lipinski definition) is 6. The number of benzene rings is 1. The second-order valence-electron chi connectivity index (χ2n) is 4.59. The molecule has 122 valence electrons. The van der Waals surface area contributed by atoms with Crippen molar-refractivity contribution in [3.63, 3.8) is 0 Å². The van der Waals surface area contributed by atoms with Gasteiger partial charge < -0.3 is 15.8 Å². The Hall–Kier alpha value is -2.13. The molecule has 0 bridgehead atoms. The Kier molecular flexibility index (Phi) is 6.32. The number of carbonyl (C=O) groups excluding carboxylic acids is 2. The van der Waals surface area contributed by atoms with Crippen LogP contribution < -0.4 is 11.1 Å². The molecule has 2 atom stereocenters. The van der Waals surface area contributed by atoms with E-state index in [0.717, 1.165) is 11.8 Å². The Morgan fingerprint density at radius 1 is 1.27 bits per heavy atom. The molecule has 0 aromatic heterocycles. The van der Waals surface area contributed by atoms with Crippen molar-refractivity contribution in [1.82, 2.24) is 5.32 Å². The van der Waals surface area contributed by atoms with E-state index in [1.165, 1.54) is 6.92 Å². The van der Waals surface area contributed by atoms with Gasteiger partial charge in [-0.25, -0.2) is 4.79 Å². The van der Waals surface area contributed by atoms with Crippen LogP contribution in [0.5, 0.6) is 0 Å². The van der Waals surface area contributed by atoms with Crippen LogP contribution in [0, 0.1) is 0 Å². The molecule has 0 heterocycles. The van der Waals surface area contributed by atoms with Crippen molar-refractivity contribution in [2.45, 2.75) is 25.7 Å². The van der Waals surface area contributed by atoms with Gasteiger partial charge in [-0.15, -0.1) is 0 Å². The highest BCUT2D eigenvalue weighted by molar-refractivity contribution is 7.86. The lowest BCUT2D eigenvalue weighted by Crippen LogP contribution is -2.52. The average molecular weight is 330 g/mol. The van der Waals surface area contributed by atoms with Crippen LogP contribution in [0.15, 0.2) is 30.3 Å². The van der Waals surface area contributed by atoms with E-state index in [4.69, 9.17) is 10.5 Å². The molecule has 1 aromatic carbocycles. The van der Waals surface area contributed by atoms with Crippen molar-refractivity contribution in [3.8, 4) is 0 Å². The molecule has 0 aliphatic heterocycles. The first-order valence-electron chi connectivity index (χ1n) is 6.34. The summed E-state index contributed by atoms with van der Waals surface area (Å²) < 4.78 is 31.6. The number of nitrogens with one attached hydrogen (secondary N) is 1. The van der Waals surface area contributed by atoms with Gasteiger partial charge in [0, 0.05) is 0 Å². The van der Waals surface area contributed by atoms with Gasteiger partial charge in [0.05, 0.1) is 6.26 Å². The van der Waals surface area contributed by atoms with Crippen LogP contribution in [-0.2, 0) is 30.4 Å². The maximum Gasteiger partial charge on any atom is 0.408 e. The maximum atomic E-state index is 11.7. The van der Waals surface area contributed by atoms with Crippen molar-refractivity contribution in [2.24, 2.45) is 5.73 Å². The number of carbonyl (C=O) groups is 2. The zero-order chi connectivity index (χ0) is 16.8. The normalized spacial score (nSPS) is 13.9. The van der Waals surface area contributed by atoms with Crippen LogP contribution in [0.2, 0.25) is 0 Å². The highest BCUT2D eigenvalue weighted by Gasteiger charge is 2.28. The number of nitrogens with two attached hydrogens (primary N) is 1. The van der Waals surface area contributed by atoms with Gasteiger partial charge in [0.15, 0.2) is 0 Å². The first-order valence-corrected chi connectivity index (χ1v) is 8.15. The summed E-state index contributed by atoms with van der Waals surface area (Å²) in [6.45, 7) is 1.30. The molecule has 1 rings (SSSR count). The van der Waals surface area contributed by atoms with E-state index in [1.54, 1.807) is 24.3 Å². The fraction of sp³-hybridized carbons (Fsp3) is 0.385. The molecule has 0 radical (unpaired) electrons. The summed E-state index contributed by atoms with van der Waals surface area (Å²) in [5.41, 5.74) is 5.89. The van der Waals surface area contributed by atoms with Crippen LogP contribution >= 0.6 is 0 Å². The highest BCUT2D eigenvalue weighted by Crippen LogP contribution is 2.05. The first-order chi connectivity index (χ1) is 10.2. The Labute approximate surface area is 128 Å². The van der Waals surface area contributed by atoms with Gasteiger partial charge in [-0.05, 0) is 12.5 Å². The third-order valence-electron chi connectivity index (χ3n) is 2.59. The lowest BCUT2D eigenvalue weighted by Gasteiger charge is -2.21. The molecule has 0 aliphatic rings. The molecule has 0 saturated carbocycles. The van der Waals surface area contributed by atoms with Gasteiger partial charge in [-0.2, -0.15) is 8.42 Å². The second-order valence-corrected chi connectivity index (χ2v) is 6.19. The van der Waals surface area contributed by atoms with E-state index in [2.05, 4.69) is 9.50 Å². The minimum absolute atomic E-state index is 0.000526. The van der Waals surface area contributed by atoms with Gasteiger partial charge in [0.25, 0.3) is 10.1 Å². The lowest BCUT2D eigenvalue weighted by atomic mass is 10.2. The summed E-state index contributed by atoms with van der Waals surface area (Å²) in [7, 11) is -3.79. The molecule has 3 N–H and O–H groups in total. The third kappa shape index (κ3) is 6.55. The standard InChI is InChI=1S/C13H18N2O6S/c1-9(21-22(2,18)19)11(12(14)16)15-13(17)20-8-10-6-4-3-5-7-10/h3-7,9,11H,8H2,1-2H3,(H2,14,16)(H,15,17)/t9-,11-/m1/s1. The summed E-state index contributed by atoms with van der Waals surface area (Å²) >= 11 is 0. The van der Waals surface area contributed by atoms with Gasteiger partial charge in [0.1, 0.15) is 18.8 Å². The average Bonchev–Trinajstić information content (AvgIpc) is 2.41. The SMILES string of the molecule is C[C@@H](OS(C)(=O)=O)[C@@H](NC(=O)OCc1ccccc1)C(N)=O. The zero-order valence-corrected chi connectivity index (χ0v) is 13.0. The van der Waals surface area contributed by atoms with Crippen LogP contribution in [0.25, 0.3) is 0 Å². The van der Waals surface area contributed by atoms with Crippen molar-refractivity contribution >= 4 is 22.1 Å². The number of alkyl carbamates (subject to hydrolysis) is 1. The molecule has 0 saturated heterocycles. The topological polar surface area (TPSA) is 125 Å². The monoisotopic (exact) mass is 330 g/mol. The summed E-state index contributed by atoms with van der Waals surface area (Å²) in [4.78, 5) is 23.0. The summed E-state index contributed by atoms with van der Waals surface area (Å²) in [5.74, 6) is -0.937. The molecule has 0 unspecified atom stereocenters. The van der Waals surface area contributed by atoms with Crippen molar-refractivity contribution in [3.05, 3.63) is 35.9 Å². The Morgan fingerprint density at radius 3 is 2.36 bits per heavy atom. The fourth-order valence-electron chi connectivity index (χ4n) is 1.64. The predicted octanol–water partition coefficient (Wildman–Crippen LogP) is 0.131. The van der Waals surface area contributed by atoms with Gasteiger partial charge in [0.2, 0.25) is 5.91 Å². The quantitative estimate of drug-likeness (QED) is 0.685. The van der Waals surface area contributed by atoms with Crippen molar-refractivity contribution in [2.75, 3.05) is 6.26 Å². The van der Waals surface area contributed by atoms with E-state index in [9.17, 15) is 18.0 Å². The number of primary amides is 1. The van der Waals surface area contributed by atoms with E-state index in [0.29, 0.717) is 0 Å². The molecule has 9 heteroatoms. The minimum Gasteiger partial charge on any atom is -0.445 e. The Bertz CT molecular complexity index is 617. The minimum atomic E-state index is -3.79. The lowest BCUT2D eigenvalue weighted by molar-refractivity contribution is -0.121. The number of rotatable bonds is 7. The van der Waals surface area contributed by atoms with E-state index >= 15 is 0 Å². The number of hydrogen-bond donors (Lipinski definition) is 2. The largest absolute Gasteiger partial charge is 0.445 e. The summed E-state index contributed by atoms with van der Waals surface area (Å²) in [6.07, 6.45) is -1.23. The number of ether oxygens (including phenoxy) is 1. The maximum absolute atomic E-state index is 11.7. The molecule has 2 amide bonds. The zero-order valence-electron chi connectivity index (χ0n) is 12.2. The van der Waals surface area contributed by atoms with Crippen LogP contribution in [-0.4, -0.2) is 38.8 Å². The van der Waals surface area contributed by atoms with Crippen LogP contribution in [0.4, 0.5) is 4.79 Å². The number of amides is 2. The van der Waals surface area contributed by atoms with Crippen molar-refractivity contribution in [1.29, 1.82) is 0 Å². The molecule has 0 aliphatic carbocycles. The molecule has 8 nitrogen and oxygen atoms in total. The van der Waals surface area contributed by atoms with E-state index in [1.807, 2.05) is 6.07 Å². The van der Waals surface area contributed by atoms with E-state index in [-0.39, 0.29) is 6.61 Å². The summed E-state index contributed by atoms with van der Waals surface area (Å²) in [5, 5.41) is 2.18. The molecule has 22 heavy (non-hydrogen) atoms. The van der Waals surface area contributed by atoms with Gasteiger partial charge >= 0.3 is 6.09 Å². The third-order valence-corrected chi connectivity index (χ3v) is 3.24. The predicted molar refractivity (Wildman–Crippen MR) is 78.1 cm³/mol. The molecular formula is C13H18N2O6S. The van der Waals surface area contributed by atoms with Crippen molar-refractivity contribution < 1.29 is 26.9 Å². The first kappa shape index (κ1) is 17.9. The fourth-order valence-corrected chi connectivity index (χ4v) is 2.31. The van der Waals surface area contributed by atoms with Gasteiger partial charge in [-0.3, -0.25) is 8.98 Å². The van der Waals surface area contributed by atoms with Crippen LogP contribution in [0.3, 0.4) is 0 Å². The smallest absolute Gasteiger partial charge is 0.408 e. The van der Waals surface area contributed by atoms with Gasteiger partial charge in [-0.1, -0.05) is 30.3 Å². The molecule has 0 fully saturated rings. The molecular weight excluding hydrogens is 312 g/mol. The second kappa shape index (κ2) is 7.76. The molecule has 0 spiro atoms. The Balaban J connectivity index is 2.59. The Morgan fingerprint density at radius 2 is 1.86 bits per heavy atom. The van der Waals surface area contributed by atoms with E-state index < -0.39 is 34.3 Å². The van der Waals surface area contributed by atoms with Crippen LogP contribution in [0.1, 0.15) is 12.5 Å². The summed E-state index contributed by atoms with van der Waals surface area (Å²) in [6, 6.07) is 7.56. The highest BCUT2D eigenvalue weighted by atomic mass is 32.2.